The minimum absolute atomic E-state index is 0.289. The summed E-state index contributed by atoms with van der Waals surface area (Å²) in [7, 11) is 0. The van der Waals surface area contributed by atoms with Crippen molar-refractivity contribution >= 4 is 23.3 Å². The Kier molecular flexibility index (Phi) is 6.47. The van der Waals surface area contributed by atoms with Crippen LogP contribution >= 0.6 is 0 Å². The number of nitrogens with zero attached hydrogens (tertiary/aromatic N) is 2. The van der Waals surface area contributed by atoms with Gasteiger partial charge in [-0.3, -0.25) is 14.8 Å². The maximum atomic E-state index is 12.6. The van der Waals surface area contributed by atoms with Crippen LogP contribution in [0.25, 0.3) is 0 Å². The van der Waals surface area contributed by atoms with Crippen molar-refractivity contribution in [3.63, 3.8) is 0 Å². The average molecular weight is 387 g/mol. The summed E-state index contributed by atoms with van der Waals surface area (Å²) in [6.07, 6.45) is 1.91. The molecule has 2 aromatic carbocycles. The molecule has 1 atom stereocenters. The zero-order valence-electron chi connectivity index (χ0n) is 15.9. The summed E-state index contributed by atoms with van der Waals surface area (Å²) >= 11 is 0. The number of anilines is 1. The van der Waals surface area contributed by atoms with Crippen molar-refractivity contribution in [2.75, 3.05) is 5.32 Å². The summed E-state index contributed by atoms with van der Waals surface area (Å²) in [6, 6.07) is 20.8. The third-order valence-corrected chi connectivity index (χ3v) is 4.33. The number of rotatable bonds is 7. The molecule has 6 nitrogen and oxygen atoms in total. The number of hydrogen-bond acceptors (Lipinski definition) is 4. The Morgan fingerprint density at radius 3 is 2.34 bits per heavy atom. The van der Waals surface area contributed by atoms with E-state index in [4.69, 9.17) is 0 Å². The normalized spacial score (nSPS) is 12.2. The second-order valence-corrected chi connectivity index (χ2v) is 6.32. The number of carboxylic acids is 1. The predicted molar refractivity (Wildman–Crippen MR) is 112 cm³/mol. The van der Waals surface area contributed by atoms with Crippen LogP contribution < -0.4 is 5.32 Å². The number of nitrogens with one attached hydrogen (secondary N) is 1. The van der Waals surface area contributed by atoms with Crippen molar-refractivity contribution in [2.45, 2.75) is 19.4 Å². The predicted octanol–water partition coefficient (Wildman–Crippen LogP) is 4.03. The van der Waals surface area contributed by atoms with Gasteiger partial charge in [0, 0.05) is 17.3 Å². The number of aliphatic carboxylic acids is 1. The molecule has 1 amide bonds. The van der Waals surface area contributed by atoms with Crippen molar-refractivity contribution < 1.29 is 14.7 Å². The zero-order chi connectivity index (χ0) is 20.6. The molecule has 2 N–H and O–H groups in total. The summed E-state index contributed by atoms with van der Waals surface area (Å²) in [5, 5.41) is 12.4. The van der Waals surface area contributed by atoms with Gasteiger partial charge in [0.25, 0.3) is 5.91 Å². The molecule has 6 heteroatoms. The van der Waals surface area contributed by atoms with Crippen molar-refractivity contribution in [1.82, 2.24) is 4.98 Å². The first-order valence-corrected chi connectivity index (χ1v) is 9.28. The lowest BCUT2D eigenvalue weighted by Gasteiger charge is -2.15. The Labute approximate surface area is 169 Å². The molecule has 0 saturated carbocycles. The minimum atomic E-state index is -0.990. The van der Waals surface area contributed by atoms with Gasteiger partial charge in [0.2, 0.25) is 0 Å². The summed E-state index contributed by atoms with van der Waals surface area (Å²) in [4.78, 5) is 32.8. The van der Waals surface area contributed by atoms with Crippen LogP contribution in [0.1, 0.15) is 35.0 Å². The maximum absolute atomic E-state index is 12.6. The topological polar surface area (TPSA) is 91.7 Å². The Morgan fingerprint density at radius 1 is 1.00 bits per heavy atom. The van der Waals surface area contributed by atoms with Crippen LogP contribution in [0.5, 0.6) is 0 Å². The zero-order valence-corrected chi connectivity index (χ0v) is 15.9. The first-order chi connectivity index (χ1) is 14.1. The molecule has 0 aliphatic carbocycles. The molecule has 0 spiro atoms. The molecule has 0 fully saturated rings. The molecule has 0 radical (unpaired) electrons. The van der Waals surface area contributed by atoms with Crippen LogP contribution in [0.2, 0.25) is 0 Å². The lowest BCUT2D eigenvalue weighted by atomic mass is 9.99. The fourth-order valence-electron chi connectivity index (χ4n) is 2.85. The number of aliphatic imine (C=N–C) groups is 1. The van der Waals surface area contributed by atoms with E-state index in [9.17, 15) is 14.7 Å². The van der Waals surface area contributed by atoms with Crippen LogP contribution in [-0.4, -0.2) is 33.7 Å². The van der Waals surface area contributed by atoms with E-state index in [1.165, 1.54) is 0 Å². The number of pyridine rings is 1. The minimum Gasteiger partial charge on any atom is -0.480 e. The molecule has 0 saturated heterocycles. The lowest BCUT2D eigenvalue weighted by molar-refractivity contribution is -0.138. The van der Waals surface area contributed by atoms with Gasteiger partial charge in [0.15, 0.2) is 0 Å². The van der Waals surface area contributed by atoms with Crippen LogP contribution in [0.15, 0.2) is 84.0 Å². The summed E-state index contributed by atoms with van der Waals surface area (Å²) < 4.78 is 0. The van der Waals surface area contributed by atoms with E-state index in [-0.39, 0.29) is 11.6 Å². The SMILES string of the molecule is CCC(N=C(c1ccccc1)c1ccccc1NC(=O)c1ccccn1)C(=O)O. The standard InChI is InChI=1S/C23H21N3O3/c1-2-18(23(28)29)25-21(16-10-4-3-5-11-16)17-12-6-7-13-19(17)26-22(27)20-14-8-9-15-24-20/h3-15,18H,2H2,1H3,(H,26,27)(H,28,29). The van der Waals surface area contributed by atoms with E-state index in [1.54, 1.807) is 43.5 Å². The molecule has 1 aromatic heterocycles. The Hall–Kier alpha value is -3.80. The third kappa shape index (κ3) is 4.93. The number of benzene rings is 2. The monoisotopic (exact) mass is 387 g/mol. The molecule has 1 unspecified atom stereocenters. The highest BCUT2D eigenvalue weighted by molar-refractivity contribution is 6.18. The maximum Gasteiger partial charge on any atom is 0.328 e. The highest BCUT2D eigenvalue weighted by Crippen LogP contribution is 2.22. The smallest absolute Gasteiger partial charge is 0.328 e. The van der Waals surface area contributed by atoms with Gasteiger partial charge in [-0.15, -0.1) is 0 Å². The molecular formula is C23H21N3O3. The van der Waals surface area contributed by atoms with E-state index < -0.39 is 12.0 Å². The van der Waals surface area contributed by atoms with E-state index in [1.807, 2.05) is 42.5 Å². The molecular weight excluding hydrogens is 366 g/mol. The summed E-state index contributed by atoms with van der Waals surface area (Å²) in [6.45, 7) is 1.78. The Balaban J connectivity index is 2.06. The fourth-order valence-corrected chi connectivity index (χ4v) is 2.85. The van der Waals surface area contributed by atoms with Crippen LogP contribution in [0.3, 0.4) is 0 Å². The van der Waals surface area contributed by atoms with Crippen molar-refractivity contribution in [1.29, 1.82) is 0 Å². The lowest BCUT2D eigenvalue weighted by Crippen LogP contribution is -2.21. The highest BCUT2D eigenvalue weighted by atomic mass is 16.4. The van der Waals surface area contributed by atoms with Gasteiger partial charge in [-0.05, 0) is 24.6 Å². The highest BCUT2D eigenvalue weighted by Gasteiger charge is 2.19. The van der Waals surface area contributed by atoms with E-state index in [2.05, 4.69) is 15.3 Å². The van der Waals surface area contributed by atoms with Gasteiger partial charge in [0.05, 0.1) is 11.4 Å². The molecule has 0 aliphatic rings. The number of hydrogen-bond donors (Lipinski definition) is 2. The van der Waals surface area contributed by atoms with E-state index >= 15 is 0 Å². The largest absolute Gasteiger partial charge is 0.480 e. The van der Waals surface area contributed by atoms with Gasteiger partial charge in [0.1, 0.15) is 11.7 Å². The number of amides is 1. The molecule has 3 aromatic rings. The summed E-state index contributed by atoms with van der Waals surface area (Å²) in [5.74, 6) is -1.34. The molecule has 146 valence electrons. The van der Waals surface area contributed by atoms with Gasteiger partial charge in [-0.25, -0.2) is 4.79 Å². The Morgan fingerprint density at radius 2 is 1.69 bits per heavy atom. The van der Waals surface area contributed by atoms with Gasteiger partial charge < -0.3 is 10.4 Å². The van der Waals surface area contributed by atoms with E-state index in [0.717, 1.165) is 5.56 Å². The van der Waals surface area contributed by atoms with Crippen molar-refractivity contribution in [3.05, 3.63) is 95.8 Å². The first kappa shape index (κ1) is 19.9. The molecule has 1 heterocycles. The molecule has 3 rings (SSSR count). The first-order valence-electron chi connectivity index (χ1n) is 9.28. The Bertz CT molecular complexity index is 1020. The molecule has 0 aliphatic heterocycles. The van der Waals surface area contributed by atoms with Gasteiger partial charge in [-0.1, -0.05) is 61.5 Å². The second-order valence-electron chi connectivity index (χ2n) is 6.32. The van der Waals surface area contributed by atoms with Gasteiger partial charge >= 0.3 is 5.97 Å². The molecule has 29 heavy (non-hydrogen) atoms. The number of carbonyl (C=O) groups excluding carboxylic acids is 1. The molecule has 0 bridgehead atoms. The van der Waals surface area contributed by atoms with E-state index in [0.29, 0.717) is 23.4 Å². The van der Waals surface area contributed by atoms with Crippen molar-refractivity contribution in [2.24, 2.45) is 4.99 Å². The van der Waals surface area contributed by atoms with Crippen LogP contribution in [0.4, 0.5) is 5.69 Å². The third-order valence-electron chi connectivity index (χ3n) is 4.33. The quantitative estimate of drug-likeness (QED) is 0.599. The number of carbonyl (C=O) groups is 2. The number of aromatic nitrogens is 1. The fraction of sp³-hybridized carbons (Fsp3) is 0.130. The van der Waals surface area contributed by atoms with Gasteiger partial charge in [-0.2, -0.15) is 0 Å². The average Bonchev–Trinajstić information content (AvgIpc) is 2.76. The van der Waals surface area contributed by atoms with Crippen molar-refractivity contribution in [3.8, 4) is 0 Å². The number of carboxylic acid groups (broad SMARTS) is 1. The van der Waals surface area contributed by atoms with Crippen LogP contribution in [-0.2, 0) is 4.79 Å². The number of para-hydroxylation sites is 1. The second kappa shape index (κ2) is 9.41. The summed E-state index contributed by atoms with van der Waals surface area (Å²) in [5.41, 5.74) is 2.75. The van der Waals surface area contributed by atoms with Crippen LogP contribution in [0, 0.1) is 0 Å².